The molecule has 8 heteroatoms. The first kappa shape index (κ1) is 17.2. The molecular weight excluding hydrogens is 351 g/mol. The summed E-state index contributed by atoms with van der Waals surface area (Å²) in [6.45, 7) is 4.98. The molecule has 1 atom stereocenters. The third-order valence-corrected chi connectivity index (χ3v) is 6.77. The van der Waals surface area contributed by atoms with Crippen molar-refractivity contribution >= 4 is 52.0 Å². The number of aliphatic hydroxyl groups is 1. The Labute approximate surface area is 158 Å². The maximum Gasteiger partial charge on any atom is 0.190 e. The van der Waals surface area contributed by atoms with Crippen LogP contribution in [0.3, 0.4) is 0 Å². The molecule has 4 heterocycles. The van der Waals surface area contributed by atoms with Gasteiger partial charge >= 0.3 is 0 Å². The van der Waals surface area contributed by atoms with Crippen LogP contribution in [0.15, 0.2) is 18.2 Å². The van der Waals surface area contributed by atoms with Crippen molar-refractivity contribution < 1.29 is 9.50 Å². The maximum atomic E-state index is 11.0. The molecule has 5 nitrogen and oxygen atoms in total. The van der Waals surface area contributed by atoms with Crippen molar-refractivity contribution in [3.63, 3.8) is 0 Å². The van der Waals surface area contributed by atoms with Crippen molar-refractivity contribution in [1.29, 1.82) is 0 Å². The third-order valence-electron chi connectivity index (χ3n) is 5.59. The highest BCUT2D eigenvalue weighted by Gasteiger charge is 2.48. The summed E-state index contributed by atoms with van der Waals surface area (Å²) in [5.74, 6) is 0.302. The van der Waals surface area contributed by atoms with E-state index in [0.717, 1.165) is 46.8 Å². The molecule has 3 aliphatic heterocycles. The molecule has 3 saturated heterocycles. The number of aryl methyl sites for hydroxylation is 1. The van der Waals surface area contributed by atoms with Crippen LogP contribution in [0.1, 0.15) is 18.4 Å². The molecule has 1 unspecified atom stereocenters. The number of hydrogen-bond donors (Lipinski definition) is 3. The van der Waals surface area contributed by atoms with Crippen molar-refractivity contribution in [2.24, 2.45) is 5.92 Å². The zero-order chi connectivity index (χ0) is 17.7. The van der Waals surface area contributed by atoms with E-state index in [1.807, 2.05) is 6.07 Å². The topological polar surface area (TPSA) is 57.2 Å². The summed E-state index contributed by atoms with van der Waals surface area (Å²) in [5, 5.41) is 18.6. The first-order valence-electron chi connectivity index (χ1n) is 8.65. The van der Waals surface area contributed by atoms with Crippen LogP contribution in [0.2, 0.25) is 0 Å². The van der Waals surface area contributed by atoms with E-state index < -0.39 is 5.60 Å². The van der Waals surface area contributed by atoms with Gasteiger partial charge in [0.2, 0.25) is 0 Å². The second-order valence-corrected chi connectivity index (χ2v) is 8.89. The molecule has 5 rings (SSSR count). The average molecular weight is 373 g/mol. The highest BCUT2D eigenvalue weighted by atomic mass is 32.1. The van der Waals surface area contributed by atoms with E-state index >= 15 is 0 Å². The SMILES string of the molecule is [B-][N+]12CCC(CC1)C(O)(CNC(=S)Nc1nc3c(C)cccc3s1)C2. The highest BCUT2D eigenvalue weighted by molar-refractivity contribution is 7.80. The van der Waals surface area contributed by atoms with E-state index in [-0.39, 0.29) is 0 Å². The summed E-state index contributed by atoms with van der Waals surface area (Å²) in [4.78, 5) is 4.61. The minimum atomic E-state index is -0.791. The second kappa shape index (κ2) is 6.19. The Bertz CT molecular complexity index is 818. The summed E-state index contributed by atoms with van der Waals surface area (Å²) in [6, 6.07) is 6.14. The Morgan fingerprint density at radius 1 is 1.48 bits per heavy atom. The molecule has 25 heavy (non-hydrogen) atoms. The minimum Gasteiger partial charge on any atom is -0.586 e. The van der Waals surface area contributed by atoms with Crippen LogP contribution in [0.5, 0.6) is 0 Å². The van der Waals surface area contributed by atoms with Crippen LogP contribution in [0.4, 0.5) is 5.13 Å². The Kier molecular flexibility index (Phi) is 4.26. The van der Waals surface area contributed by atoms with Gasteiger partial charge in [0, 0.05) is 19.0 Å². The molecule has 2 aromatic rings. The Morgan fingerprint density at radius 2 is 2.24 bits per heavy atom. The van der Waals surface area contributed by atoms with Crippen LogP contribution in [0.25, 0.3) is 10.2 Å². The molecule has 3 aliphatic rings. The number of para-hydroxylation sites is 1. The van der Waals surface area contributed by atoms with Crippen LogP contribution >= 0.6 is 23.6 Å². The fourth-order valence-corrected chi connectivity index (χ4v) is 5.35. The predicted octanol–water partition coefficient (Wildman–Crippen LogP) is 1.95. The number of rotatable bonds is 3. The first-order chi connectivity index (χ1) is 11.9. The standard InChI is InChI=1S/C17H21BN4OS2/c1-11-3-2-4-13-14(11)20-16(25-13)21-15(24)19-9-17(23)10-22(18)7-5-12(17)6-8-22/h2-4,12,23H,5-10H2,1H3,(H-,19,20,21,24)/q-1/p+1. The minimum absolute atomic E-state index is 0.302. The molecule has 2 bridgehead atoms. The lowest BCUT2D eigenvalue weighted by Gasteiger charge is -2.64. The molecule has 1 aromatic carbocycles. The van der Waals surface area contributed by atoms with Gasteiger partial charge in [-0.05, 0) is 43.6 Å². The van der Waals surface area contributed by atoms with E-state index in [0.29, 0.717) is 28.5 Å². The number of quaternary nitrogens is 1. The monoisotopic (exact) mass is 373 g/mol. The van der Waals surface area contributed by atoms with Crippen LogP contribution in [0, 0.1) is 12.8 Å². The van der Waals surface area contributed by atoms with Crippen molar-refractivity contribution in [3.05, 3.63) is 23.8 Å². The molecule has 0 aliphatic carbocycles. The zero-order valence-electron chi connectivity index (χ0n) is 14.3. The number of piperidine rings is 3. The number of thiazole rings is 1. The van der Waals surface area contributed by atoms with Gasteiger partial charge in [-0.1, -0.05) is 23.5 Å². The summed E-state index contributed by atoms with van der Waals surface area (Å²) < 4.78 is 1.61. The van der Waals surface area contributed by atoms with E-state index in [9.17, 15) is 5.11 Å². The lowest BCUT2D eigenvalue weighted by Crippen LogP contribution is -2.70. The molecule has 3 fully saturated rings. The van der Waals surface area contributed by atoms with Gasteiger partial charge in [0.05, 0.1) is 23.3 Å². The largest absolute Gasteiger partial charge is 0.586 e. The first-order valence-corrected chi connectivity index (χ1v) is 9.87. The number of fused-ring (bicyclic) bond motifs is 4. The van der Waals surface area contributed by atoms with Gasteiger partial charge in [0.15, 0.2) is 10.2 Å². The molecule has 131 valence electrons. The Hall–Kier alpha value is -1.22. The van der Waals surface area contributed by atoms with E-state index in [2.05, 4.69) is 34.7 Å². The third kappa shape index (κ3) is 3.28. The number of hydrogen-bond acceptors (Lipinski definition) is 4. The average Bonchev–Trinajstić information content (AvgIpc) is 2.97. The quantitative estimate of drug-likeness (QED) is 0.567. The van der Waals surface area contributed by atoms with Crippen molar-refractivity contribution in [1.82, 2.24) is 10.3 Å². The van der Waals surface area contributed by atoms with Crippen LogP contribution in [-0.4, -0.2) is 59.4 Å². The van der Waals surface area contributed by atoms with Gasteiger partial charge in [-0.3, -0.25) is 0 Å². The van der Waals surface area contributed by atoms with Gasteiger partial charge in [0.1, 0.15) is 5.60 Å². The molecule has 0 saturated carbocycles. The van der Waals surface area contributed by atoms with Gasteiger partial charge in [-0.2, -0.15) is 0 Å². The number of aromatic nitrogens is 1. The van der Waals surface area contributed by atoms with Crippen LogP contribution in [-0.2, 0) is 0 Å². The summed E-state index contributed by atoms with van der Waals surface area (Å²) in [5.41, 5.74) is 1.36. The summed E-state index contributed by atoms with van der Waals surface area (Å²) in [6.07, 6.45) is 1.96. The second-order valence-electron chi connectivity index (χ2n) is 7.45. The van der Waals surface area contributed by atoms with E-state index in [1.54, 1.807) is 11.3 Å². The van der Waals surface area contributed by atoms with Gasteiger partial charge < -0.3 is 20.1 Å². The normalized spacial score (nSPS) is 31.2. The van der Waals surface area contributed by atoms with E-state index in [4.69, 9.17) is 20.2 Å². The Balaban J connectivity index is 1.40. The molecule has 0 amide bonds. The smallest absolute Gasteiger partial charge is 0.190 e. The highest BCUT2D eigenvalue weighted by Crippen LogP contribution is 2.38. The van der Waals surface area contributed by atoms with Crippen molar-refractivity contribution in [3.8, 4) is 0 Å². The molecule has 1 aromatic heterocycles. The lowest BCUT2D eigenvalue weighted by molar-refractivity contribution is -0.846. The Morgan fingerprint density at radius 3 is 2.92 bits per heavy atom. The predicted molar refractivity (Wildman–Crippen MR) is 107 cm³/mol. The molecule has 3 radical (unpaired) electrons. The van der Waals surface area contributed by atoms with Gasteiger partial charge in [-0.25, -0.2) is 13.0 Å². The van der Waals surface area contributed by atoms with Crippen molar-refractivity contribution in [2.45, 2.75) is 25.4 Å². The number of thiocarbonyl (C=S) groups is 1. The van der Waals surface area contributed by atoms with Gasteiger partial charge in [-0.15, -0.1) is 0 Å². The summed E-state index contributed by atoms with van der Waals surface area (Å²) >= 11 is 6.98. The number of nitrogens with one attached hydrogen (secondary N) is 2. The lowest BCUT2D eigenvalue weighted by atomic mass is 9.72. The van der Waals surface area contributed by atoms with Gasteiger partial charge in [0.25, 0.3) is 0 Å². The van der Waals surface area contributed by atoms with E-state index in [1.165, 1.54) is 0 Å². The molecule has 0 spiro atoms. The molecular formula is C17H22BN4OS2. The maximum absolute atomic E-state index is 11.0. The fraction of sp³-hybridized carbons (Fsp3) is 0.529. The van der Waals surface area contributed by atoms with Crippen LogP contribution < -0.4 is 10.6 Å². The number of anilines is 1. The van der Waals surface area contributed by atoms with Crippen molar-refractivity contribution in [2.75, 3.05) is 31.5 Å². The molecule has 3 N–H and O–H groups in total. The fourth-order valence-electron chi connectivity index (χ4n) is 4.17. The zero-order valence-corrected chi connectivity index (χ0v) is 15.9. The summed E-state index contributed by atoms with van der Waals surface area (Å²) in [7, 11) is 6.35. The number of benzene rings is 1. The number of nitrogens with zero attached hydrogens (tertiary/aromatic N) is 2.